The molecule has 6 nitrogen and oxygen atoms in total. The third kappa shape index (κ3) is 2.42. The quantitative estimate of drug-likeness (QED) is 0.891. The second-order valence-electron chi connectivity index (χ2n) is 6.79. The first-order valence-corrected chi connectivity index (χ1v) is 8.35. The van der Waals surface area contributed by atoms with Crippen molar-refractivity contribution < 1.29 is 19.1 Å². The number of amides is 1. The molecule has 1 saturated carbocycles. The number of para-hydroxylation sites is 1. The molecular formula is C18H18FN3O3. The van der Waals surface area contributed by atoms with Crippen molar-refractivity contribution in [2.75, 3.05) is 0 Å². The van der Waals surface area contributed by atoms with E-state index >= 15 is 0 Å². The molecule has 4 rings (SSSR count). The third-order valence-corrected chi connectivity index (χ3v) is 5.06. The van der Waals surface area contributed by atoms with Crippen molar-refractivity contribution in [3.8, 4) is 5.69 Å². The van der Waals surface area contributed by atoms with E-state index in [1.165, 1.54) is 10.7 Å². The van der Waals surface area contributed by atoms with Crippen LogP contribution in [-0.2, 0) is 17.6 Å². The number of carbonyl (C=O) groups excluding carboxylic acids is 1. The number of fused-ring (bicyclic) bond motifs is 1. The van der Waals surface area contributed by atoms with E-state index in [0.29, 0.717) is 31.4 Å². The van der Waals surface area contributed by atoms with Crippen LogP contribution in [0.4, 0.5) is 4.39 Å². The lowest BCUT2D eigenvalue weighted by Crippen LogP contribution is -2.43. The van der Waals surface area contributed by atoms with E-state index < -0.39 is 23.2 Å². The largest absolute Gasteiger partial charge is 0.480 e. The third-order valence-electron chi connectivity index (χ3n) is 5.06. The Morgan fingerprint density at radius 3 is 2.72 bits per heavy atom. The number of rotatable bonds is 4. The van der Waals surface area contributed by atoms with Crippen LogP contribution in [0.1, 0.15) is 46.6 Å². The van der Waals surface area contributed by atoms with Crippen LogP contribution in [-0.4, -0.2) is 32.3 Å². The number of hydrogen-bond acceptors (Lipinski definition) is 3. The van der Waals surface area contributed by atoms with E-state index in [2.05, 4.69) is 10.4 Å². The van der Waals surface area contributed by atoms with Crippen LogP contribution in [0, 0.1) is 12.7 Å². The van der Waals surface area contributed by atoms with Crippen LogP contribution in [0.3, 0.4) is 0 Å². The SMILES string of the molecule is Cc1cccc(F)c1-n1nc(C(=O)NC2(C(=O)O)CC2)c2c1CCC2. The van der Waals surface area contributed by atoms with Crippen molar-refractivity contribution in [3.05, 3.63) is 46.5 Å². The topological polar surface area (TPSA) is 84.2 Å². The second kappa shape index (κ2) is 5.40. The Kier molecular flexibility index (Phi) is 3.42. The maximum atomic E-state index is 14.4. The van der Waals surface area contributed by atoms with Gasteiger partial charge in [-0.25, -0.2) is 13.9 Å². The van der Waals surface area contributed by atoms with Gasteiger partial charge in [0.1, 0.15) is 17.0 Å². The summed E-state index contributed by atoms with van der Waals surface area (Å²) in [7, 11) is 0. The molecule has 1 fully saturated rings. The maximum absolute atomic E-state index is 14.4. The van der Waals surface area contributed by atoms with Crippen LogP contribution in [0.25, 0.3) is 5.69 Å². The maximum Gasteiger partial charge on any atom is 0.329 e. The van der Waals surface area contributed by atoms with Crippen LogP contribution >= 0.6 is 0 Å². The first-order valence-electron chi connectivity index (χ1n) is 8.35. The summed E-state index contributed by atoms with van der Waals surface area (Å²) >= 11 is 0. The Bertz CT molecular complexity index is 879. The number of nitrogens with one attached hydrogen (secondary N) is 1. The molecular weight excluding hydrogens is 325 g/mol. The lowest BCUT2D eigenvalue weighted by atomic mass is 10.1. The Hall–Kier alpha value is -2.70. The molecule has 2 aromatic rings. The number of carboxylic acids is 1. The average molecular weight is 343 g/mol. The number of carboxylic acid groups (broad SMARTS) is 1. The Morgan fingerprint density at radius 1 is 1.32 bits per heavy atom. The smallest absolute Gasteiger partial charge is 0.329 e. The predicted octanol–water partition coefficient (Wildman–Crippen LogP) is 2.16. The highest BCUT2D eigenvalue weighted by molar-refractivity contribution is 5.99. The van der Waals surface area contributed by atoms with Gasteiger partial charge in [-0.2, -0.15) is 5.10 Å². The minimum atomic E-state index is -1.17. The predicted molar refractivity (Wildman–Crippen MR) is 87.4 cm³/mol. The number of halogens is 1. The highest BCUT2D eigenvalue weighted by atomic mass is 19.1. The molecule has 2 aliphatic rings. The number of carbonyl (C=O) groups is 2. The molecule has 1 aromatic carbocycles. The molecule has 1 heterocycles. The van der Waals surface area contributed by atoms with Gasteiger partial charge in [0.2, 0.25) is 0 Å². The van der Waals surface area contributed by atoms with Gasteiger partial charge in [-0.1, -0.05) is 12.1 Å². The van der Waals surface area contributed by atoms with Gasteiger partial charge in [0.05, 0.1) is 0 Å². The van der Waals surface area contributed by atoms with E-state index in [1.807, 2.05) is 0 Å². The van der Waals surface area contributed by atoms with E-state index in [0.717, 1.165) is 23.2 Å². The van der Waals surface area contributed by atoms with Gasteiger partial charge in [0, 0.05) is 11.3 Å². The molecule has 0 saturated heterocycles. The van der Waals surface area contributed by atoms with Crippen molar-refractivity contribution in [1.29, 1.82) is 0 Å². The van der Waals surface area contributed by atoms with Gasteiger partial charge >= 0.3 is 5.97 Å². The average Bonchev–Trinajstić information content (AvgIpc) is 3.03. The number of benzene rings is 1. The molecule has 2 aliphatic carbocycles. The fraction of sp³-hybridized carbons (Fsp3) is 0.389. The number of nitrogens with zero attached hydrogens (tertiary/aromatic N) is 2. The zero-order valence-corrected chi connectivity index (χ0v) is 13.8. The zero-order valence-electron chi connectivity index (χ0n) is 13.8. The van der Waals surface area contributed by atoms with Crippen molar-refractivity contribution >= 4 is 11.9 Å². The highest BCUT2D eigenvalue weighted by Crippen LogP contribution is 2.36. The van der Waals surface area contributed by atoms with Gasteiger partial charge in [0.15, 0.2) is 5.69 Å². The standard InChI is InChI=1S/C18H18FN3O3/c1-10-4-2-6-12(19)15(10)22-13-7-3-5-11(13)14(21-22)16(23)20-18(8-9-18)17(24)25/h2,4,6H,3,5,7-9H2,1H3,(H,20,23)(H,24,25). The minimum absolute atomic E-state index is 0.211. The normalized spacial score (nSPS) is 17.2. The second-order valence-corrected chi connectivity index (χ2v) is 6.79. The van der Waals surface area contributed by atoms with Crippen molar-refractivity contribution in [1.82, 2.24) is 15.1 Å². The monoisotopic (exact) mass is 343 g/mol. The lowest BCUT2D eigenvalue weighted by molar-refractivity contribution is -0.140. The molecule has 0 radical (unpaired) electrons. The number of aromatic nitrogens is 2. The Labute approximate surface area is 143 Å². The van der Waals surface area contributed by atoms with E-state index in [4.69, 9.17) is 0 Å². The van der Waals surface area contributed by atoms with Gasteiger partial charge in [-0.3, -0.25) is 4.79 Å². The van der Waals surface area contributed by atoms with Crippen molar-refractivity contribution in [2.24, 2.45) is 0 Å². The van der Waals surface area contributed by atoms with Crippen LogP contribution in [0.15, 0.2) is 18.2 Å². The van der Waals surface area contributed by atoms with E-state index in [9.17, 15) is 19.1 Å². The molecule has 0 unspecified atom stereocenters. The van der Waals surface area contributed by atoms with Crippen molar-refractivity contribution in [2.45, 2.75) is 44.6 Å². The number of hydrogen-bond donors (Lipinski definition) is 2. The van der Waals surface area contributed by atoms with Crippen LogP contribution in [0.5, 0.6) is 0 Å². The van der Waals surface area contributed by atoms with E-state index in [-0.39, 0.29) is 5.69 Å². The number of aliphatic carboxylic acids is 1. The summed E-state index contributed by atoms with van der Waals surface area (Å²) in [4.78, 5) is 23.9. The first kappa shape index (κ1) is 15.8. The molecule has 0 aliphatic heterocycles. The van der Waals surface area contributed by atoms with Gasteiger partial charge < -0.3 is 10.4 Å². The fourth-order valence-electron chi connectivity index (χ4n) is 3.49. The molecule has 0 spiro atoms. The zero-order chi connectivity index (χ0) is 17.8. The summed E-state index contributed by atoms with van der Waals surface area (Å²) in [5.41, 5.74) is 1.75. The van der Waals surface area contributed by atoms with Gasteiger partial charge in [0.25, 0.3) is 5.91 Å². The summed E-state index contributed by atoms with van der Waals surface area (Å²) < 4.78 is 15.9. The molecule has 130 valence electrons. The summed E-state index contributed by atoms with van der Waals surface area (Å²) in [6.45, 7) is 1.80. The molecule has 1 aromatic heterocycles. The lowest BCUT2D eigenvalue weighted by Gasteiger charge is -2.12. The van der Waals surface area contributed by atoms with Crippen molar-refractivity contribution in [3.63, 3.8) is 0 Å². The first-order chi connectivity index (χ1) is 11.9. The summed E-state index contributed by atoms with van der Waals surface area (Å²) in [6, 6.07) is 4.80. The van der Waals surface area contributed by atoms with Crippen LogP contribution in [0.2, 0.25) is 0 Å². The van der Waals surface area contributed by atoms with Gasteiger partial charge in [-0.05, 0) is 50.7 Å². The molecule has 0 atom stereocenters. The summed E-state index contributed by atoms with van der Waals surface area (Å²) in [5.74, 6) is -1.92. The molecule has 1 amide bonds. The number of aryl methyl sites for hydroxylation is 1. The van der Waals surface area contributed by atoms with Gasteiger partial charge in [-0.15, -0.1) is 0 Å². The summed E-state index contributed by atoms with van der Waals surface area (Å²) in [6.07, 6.45) is 3.11. The van der Waals surface area contributed by atoms with E-state index in [1.54, 1.807) is 19.1 Å². The Morgan fingerprint density at radius 2 is 2.08 bits per heavy atom. The van der Waals surface area contributed by atoms with Crippen LogP contribution < -0.4 is 5.32 Å². The summed E-state index contributed by atoms with van der Waals surface area (Å²) in [5, 5.41) is 16.2. The Balaban J connectivity index is 1.76. The molecule has 2 N–H and O–H groups in total. The fourth-order valence-corrected chi connectivity index (χ4v) is 3.49. The molecule has 25 heavy (non-hydrogen) atoms. The highest BCUT2D eigenvalue weighted by Gasteiger charge is 2.52. The minimum Gasteiger partial charge on any atom is -0.480 e. The molecule has 7 heteroatoms. The molecule has 0 bridgehead atoms.